The van der Waals surface area contributed by atoms with Crippen LogP contribution >= 0.6 is 11.6 Å². The van der Waals surface area contributed by atoms with Crippen LogP contribution in [-0.2, 0) is 16.1 Å². The van der Waals surface area contributed by atoms with E-state index in [4.69, 9.17) is 11.6 Å². The molecule has 132 valence electrons. The maximum Gasteiger partial charge on any atom is 0.247 e. The maximum atomic E-state index is 12.5. The Morgan fingerprint density at radius 2 is 2.21 bits per heavy atom. The summed E-state index contributed by atoms with van der Waals surface area (Å²) in [6.45, 7) is 9.70. The Balaban J connectivity index is 2.17. The zero-order valence-corrected chi connectivity index (χ0v) is 15.4. The summed E-state index contributed by atoms with van der Waals surface area (Å²) >= 11 is 6.38. The number of piperazine rings is 1. The van der Waals surface area contributed by atoms with Crippen molar-refractivity contribution < 1.29 is 9.59 Å². The number of rotatable bonds is 5. The zero-order chi connectivity index (χ0) is 17.9. The third-order valence-corrected chi connectivity index (χ3v) is 4.44. The van der Waals surface area contributed by atoms with Gasteiger partial charge in [-0.1, -0.05) is 32.4 Å². The van der Waals surface area contributed by atoms with Crippen LogP contribution in [0.5, 0.6) is 0 Å². The summed E-state index contributed by atoms with van der Waals surface area (Å²) in [6, 6.07) is -0.406. The molecule has 1 saturated heterocycles. The van der Waals surface area contributed by atoms with Crippen molar-refractivity contribution in [2.24, 2.45) is 5.92 Å². The van der Waals surface area contributed by atoms with E-state index < -0.39 is 6.04 Å². The maximum absolute atomic E-state index is 12.5. The van der Waals surface area contributed by atoms with E-state index in [-0.39, 0.29) is 11.8 Å². The number of carbonyl (C=O) groups excluding carboxylic acids is 2. The Bertz CT molecular complexity index is 651. The first-order valence-corrected chi connectivity index (χ1v) is 8.72. The summed E-state index contributed by atoms with van der Waals surface area (Å²) in [4.78, 5) is 26.0. The molecular formula is C17H25ClN4O2. The first-order valence-electron chi connectivity index (χ1n) is 8.34. The van der Waals surface area contributed by atoms with Gasteiger partial charge < -0.3 is 10.2 Å². The lowest BCUT2D eigenvalue weighted by Crippen LogP contribution is -2.56. The van der Waals surface area contributed by atoms with Gasteiger partial charge in [0.15, 0.2) is 0 Å². The van der Waals surface area contributed by atoms with Gasteiger partial charge in [0.2, 0.25) is 11.8 Å². The third kappa shape index (κ3) is 3.98. The molecule has 0 bridgehead atoms. The highest BCUT2D eigenvalue weighted by Gasteiger charge is 2.30. The van der Waals surface area contributed by atoms with Gasteiger partial charge in [-0.15, -0.1) is 0 Å². The Kier molecular flexibility index (Phi) is 6.04. The van der Waals surface area contributed by atoms with Gasteiger partial charge in [-0.05, 0) is 25.3 Å². The highest BCUT2D eigenvalue weighted by Crippen LogP contribution is 2.22. The summed E-state index contributed by atoms with van der Waals surface area (Å²) in [5.74, 6) is 0.158. The van der Waals surface area contributed by atoms with Crippen LogP contribution in [0.3, 0.4) is 0 Å². The summed E-state index contributed by atoms with van der Waals surface area (Å²) in [6.07, 6.45) is 3.78. The second-order valence-corrected chi connectivity index (χ2v) is 6.80. The minimum absolute atomic E-state index is 0.0931. The quantitative estimate of drug-likeness (QED) is 0.826. The monoisotopic (exact) mass is 352 g/mol. The van der Waals surface area contributed by atoms with Gasteiger partial charge in [0.05, 0.1) is 5.69 Å². The van der Waals surface area contributed by atoms with Gasteiger partial charge in [-0.25, -0.2) is 0 Å². The molecule has 1 fully saturated rings. The van der Waals surface area contributed by atoms with Crippen molar-refractivity contribution in [3.63, 3.8) is 0 Å². The summed E-state index contributed by atoms with van der Waals surface area (Å²) in [5.41, 5.74) is 1.54. The summed E-state index contributed by atoms with van der Waals surface area (Å²) in [5, 5.41) is 7.75. The van der Waals surface area contributed by atoms with E-state index in [9.17, 15) is 9.59 Å². The van der Waals surface area contributed by atoms with E-state index in [1.54, 1.807) is 15.7 Å². The second kappa shape index (κ2) is 7.83. The molecule has 1 aliphatic heterocycles. The Morgan fingerprint density at radius 1 is 1.50 bits per heavy atom. The van der Waals surface area contributed by atoms with Gasteiger partial charge in [0.25, 0.3) is 0 Å². The minimum Gasteiger partial charge on any atom is -0.353 e. The van der Waals surface area contributed by atoms with Crippen LogP contribution in [0.1, 0.15) is 38.4 Å². The van der Waals surface area contributed by atoms with Gasteiger partial charge in [0.1, 0.15) is 11.2 Å². The Labute approximate surface area is 147 Å². The fourth-order valence-corrected chi connectivity index (χ4v) is 3.16. The molecule has 7 heteroatoms. The van der Waals surface area contributed by atoms with Gasteiger partial charge in [0, 0.05) is 31.3 Å². The van der Waals surface area contributed by atoms with Crippen molar-refractivity contribution in [1.82, 2.24) is 20.0 Å². The molecule has 2 rings (SSSR count). The zero-order valence-electron chi connectivity index (χ0n) is 14.7. The molecule has 2 heterocycles. The minimum atomic E-state index is -0.406. The van der Waals surface area contributed by atoms with E-state index >= 15 is 0 Å². The van der Waals surface area contributed by atoms with E-state index in [2.05, 4.69) is 24.3 Å². The molecule has 0 aliphatic carbocycles. The molecule has 1 unspecified atom stereocenters. The Hall–Kier alpha value is -1.82. The molecule has 2 amide bonds. The fourth-order valence-electron chi connectivity index (χ4n) is 2.86. The largest absolute Gasteiger partial charge is 0.353 e. The predicted molar refractivity (Wildman–Crippen MR) is 94.6 cm³/mol. The van der Waals surface area contributed by atoms with Crippen LogP contribution in [-0.4, -0.2) is 45.6 Å². The first-order chi connectivity index (χ1) is 11.3. The molecule has 24 heavy (non-hydrogen) atoms. The van der Waals surface area contributed by atoms with Gasteiger partial charge >= 0.3 is 0 Å². The highest BCUT2D eigenvalue weighted by atomic mass is 35.5. The second-order valence-electron chi connectivity index (χ2n) is 6.45. The molecule has 1 aliphatic rings. The molecule has 1 aromatic heterocycles. The highest BCUT2D eigenvalue weighted by molar-refractivity contribution is 6.31. The fraction of sp³-hybridized carbons (Fsp3) is 0.588. The number of carbonyl (C=O) groups is 2. The topological polar surface area (TPSA) is 67.2 Å². The molecule has 0 spiro atoms. The smallest absolute Gasteiger partial charge is 0.247 e. The number of nitrogens with one attached hydrogen (secondary N) is 1. The molecule has 1 aromatic rings. The number of nitrogens with zero attached hydrogens (tertiary/aromatic N) is 3. The lowest BCUT2D eigenvalue weighted by molar-refractivity contribution is -0.140. The normalized spacial score (nSPS) is 18.5. The van der Waals surface area contributed by atoms with Crippen LogP contribution in [0.25, 0.3) is 6.08 Å². The van der Waals surface area contributed by atoms with E-state index in [1.165, 1.54) is 6.08 Å². The average Bonchev–Trinajstić information content (AvgIpc) is 2.78. The van der Waals surface area contributed by atoms with Crippen molar-refractivity contribution in [3.8, 4) is 0 Å². The van der Waals surface area contributed by atoms with Gasteiger partial charge in [-0.3, -0.25) is 14.3 Å². The number of aryl methyl sites for hydroxylation is 1. The first kappa shape index (κ1) is 18.5. The molecule has 1 N–H and O–H groups in total. The van der Waals surface area contributed by atoms with Crippen LogP contribution in [0.15, 0.2) is 6.08 Å². The van der Waals surface area contributed by atoms with Crippen molar-refractivity contribution in [2.75, 3.05) is 13.1 Å². The SMILES string of the molecule is CCC1C(=O)NCCN1C(=O)C=Cc1c(C)nn(CC(C)C)c1Cl. The van der Waals surface area contributed by atoms with Crippen LogP contribution in [0.2, 0.25) is 5.15 Å². The van der Waals surface area contributed by atoms with E-state index in [0.29, 0.717) is 30.6 Å². The van der Waals surface area contributed by atoms with Crippen LogP contribution in [0.4, 0.5) is 0 Å². The molecule has 0 radical (unpaired) electrons. The Morgan fingerprint density at radius 3 is 2.83 bits per heavy atom. The predicted octanol–water partition coefficient (Wildman–Crippen LogP) is 2.25. The number of halogens is 1. The van der Waals surface area contributed by atoms with Crippen LogP contribution < -0.4 is 5.32 Å². The number of aromatic nitrogens is 2. The number of hydrogen-bond acceptors (Lipinski definition) is 3. The summed E-state index contributed by atoms with van der Waals surface area (Å²) < 4.78 is 1.76. The molecule has 0 saturated carbocycles. The van der Waals surface area contributed by atoms with E-state index in [1.807, 2.05) is 13.8 Å². The lowest BCUT2D eigenvalue weighted by atomic mass is 10.1. The van der Waals surface area contributed by atoms with Crippen molar-refractivity contribution >= 4 is 29.5 Å². The number of hydrogen-bond donors (Lipinski definition) is 1. The average molecular weight is 353 g/mol. The standard InChI is InChI=1S/C17H25ClN4O2/c1-5-14-17(24)19-8-9-21(14)15(23)7-6-13-12(4)20-22(16(13)18)10-11(2)3/h6-7,11,14H,5,8-10H2,1-4H3,(H,19,24). The van der Waals surface area contributed by atoms with Crippen molar-refractivity contribution in [1.29, 1.82) is 0 Å². The number of amides is 2. The molecular weight excluding hydrogens is 328 g/mol. The van der Waals surface area contributed by atoms with Crippen molar-refractivity contribution in [3.05, 3.63) is 22.5 Å². The van der Waals surface area contributed by atoms with E-state index in [0.717, 1.165) is 17.8 Å². The molecule has 6 nitrogen and oxygen atoms in total. The summed E-state index contributed by atoms with van der Waals surface area (Å²) in [7, 11) is 0. The van der Waals surface area contributed by atoms with Crippen molar-refractivity contribution in [2.45, 2.75) is 46.7 Å². The van der Waals surface area contributed by atoms with Gasteiger partial charge in [-0.2, -0.15) is 5.10 Å². The third-order valence-electron chi connectivity index (χ3n) is 4.04. The van der Waals surface area contributed by atoms with Crippen LogP contribution in [0, 0.1) is 12.8 Å². The molecule has 0 aromatic carbocycles. The molecule has 1 atom stereocenters. The lowest BCUT2D eigenvalue weighted by Gasteiger charge is -2.33.